The van der Waals surface area contributed by atoms with E-state index >= 15 is 0 Å². The second kappa shape index (κ2) is 8.99. The zero-order valence-electron chi connectivity index (χ0n) is 16.1. The van der Waals surface area contributed by atoms with Crippen LogP contribution in [0.4, 0.5) is 4.79 Å². The number of esters is 1. The zero-order chi connectivity index (χ0) is 21.7. The third-order valence-electron chi connectivity index (χ3n) is 4.31. The first-order valence-electron chi connectivity index (χ1n) is 9.19. The van der Waals surface area contributed by atoms with Gasteiger partial charge in [0.15, 0.2) is 6.61 Å². The number of rotatable bonds is 6. The molecule has 0 spiro atoms. The number of hydrogen-bond donors (Lipinski definition) is 2. The quantitative estimate of drug-likeness (QED) is 0.551. The fraction of sp³-hybridized carbons (Fsp3) is 0.190. The van der Waals surface area contributed by atoms with Crippen LogP contribution in [-0.2, 0) is 16.1 Å². The van der Waals surface area contributed by atoms with Crippen molar-refractivity contribution in [1.82, 2.24) is 15.5 Å². The smallest absolute Gasteiger partial charge is 0.338 e. The van der Waals surface area contributed by atoms with E-state index in [1.165, 1.54) is 12.1 Å². The van der Waals surface area contributed by atoms with Crippen molar-refractivity contribution in [2.75, 3.05) is 13.2 Å². The van der Waals surface area contributed by atoms with Gasteiger partial charge >= 0.3 is 12.0 Å². The number of fused-ring (bicyclic) bond motifs is 1. The summed E-state index contributed by atoms with van der Waals surface area (Å²) in [6, 6.07) is 12.1. The van der Waals surface area contributed by atoms with Crippen LogP contribution < -0.4 is 10.6 Å². The van der Waals surface area contributed by atoms with Gasteiger partial charge in [0.2, 0.25) is 0 Å². The van der Waals surface area contributed by atoms with Crippen molar-refractivity contribution in [1.29, 1.82) is 0 Å². The van der Waals surface area contributed by atoms with E-state index in [9.17, 15) is 24.0 Å². The van der Waals surface area contributed by atoms with Crippen LogP contribution in [0.1, 0.15) is 43.6 Å². The van der Waals surface area contributed by atoms with Gasteiger partial charge in [0.1, 0.15) is 0 Å². The Hall–Kier alpha value is -4.01. The van der Waals surface area contributed by atoms with Gasteiger partial charge < -0.3 is 10.1 Å². The molecule has 0 unspecified atom stereocenters. The molecule has 0 aromatic heterocycles. The Kier molecular flexibility index (Phi) is 6.21. The SMILES string of the molecule is CCNC(=O)NC(=O)COC(=O)c1cccc(CN2C(=O)c3ccccc3C2=O)c1. The van der Waals surface area contributed by atoms with E-state index in [0.717, 1.165) is 4.90 Å². The molecule has 0 radical (unpaired) electrons. The van der Waals surface area contributed by atoms with Crippen LogP contribution >= 0.6 is 0 Å². The first-order chi connectivity index (χ1) is 14.4. The number of nitrogens with one attached hydrogen (secondary N) is 2. The molecule has 9 nitrogen and oxygen atoms in total. The van der Waals surface area contributed by atoms with Gasteiger partial charge in [-0.2, -0.15) is 0 Å². The molecule has 2 aromatic carbocycles. The van der Waals surface area contributed by atoms with Crippen molar-refractivity contribution < 1.29 is 28.7 Å². The molecule has 5 amide bonds. The number of urea groups is 1. The first-order valence-corrected chi connectivity index (χ1v) is 9.19. The lowest BCUT2D eigenvalue weighted by Gasteiger charge is -2.14. The summed E-state index contributed by atoms with van der Waals surface area (Å²) in [6.45, 7) is 1.40. The fourth-order valence-electron chi connectivity index (χ4n) is 2.94. The number of carbonyl (C=O) groups is 5. The van der Waals surface area contributed by atoms with Gasteiger partial charge in [-0.15, -0.1) is 0 Å². The number of ether oxygens (including phenoxy) is 1. The Morgan fingerprint density at radius 3 is 2.27 bits per heavy atom. The lowest BCUT2D eigenvalue weighted by Crippen LogP contribution is -2.41. The molecule has 0 bridgehead atoms. The third kappa shape index (κ3) is 4.52. The molecular weight excluding hydrogens is 390 g/mol. The number of nitrogens with zero attached hydrogens (tertiary/aromatic N) is 1. The Morgan fingerprint density at radius 1 is 0.967 bits per heavy atom. The molecule has 0 atom stereocenters. The van der Waals surface area contributed by atoms with E-state index in [1.54, 1.807) is 43.3 Å². The van der Waals surface area contributed by atoms with Crippen molar-refractivity contribution in [3.8, 4) is 0 Å². The molecule has 0 fully saturated rings. The molecule has 3 rings (SSSR count). The maximum Gasteiger partial charge on any atom is 0.338 e. The van der Waals surface area contributed by atoms with Crippen LogP contribution in [0.25, 0.3) is 0 Å². The van der Waals surface area contributed by atoms with E-state index in [4.69, 9.17) is 4.74 Å². The van der Waals surface area contributed by atoms with Crippen LogP contribution in [0.3, 0.4) is 0 Å². The van der Waals surface area contributed by atoms with Crippen LogP contribution in [0.2, 0.25) is 0 Å². The van der Waals surface area contributed by atoms with Gasteiger partial charge in [-0.05, 0) is 36.8 Å². The lowest BCUT2D eigenvalue weighted by atomic mass is 10.1. The van der Waals surface area contributed by atoms with Crippen molar-refractivity contribution in [3.05, 3.63) is 70.8 Å². The standard InChI is InChI=1S/C21H19N3O6/c1-2-22-21(29)23-17(25)12-30-20(28)14-7-5-6-13(10-14)11-24-18(26)15-8-3-4-9-16(15)19(24)27/h3-10H,2,11-12H2,1H3,(H2,22,23,25,29). The van der Waals surface area contributed by atoms with E-state index in [0.29, 0.717) is 23.2 Å². The Labute approximate surface area is 172 Å². The molecular formula is C21H19N3O6. The predicted molar refractivity (Wildman–Crippen MR) is 105 cm³/mol. The highest BCUT2D eigenvalue weighted by Gasteiger charge is 2.35. The normalized spacial score (nSPS) is 12.4. The Morgan fingerprint density at radius 2 is 1.63 bits per heavy atom. The van der Waals surface area contributed by atoms with Gasteiger partial charge in [-0.25, -0.2) is 9.59 Å². The maximum absolute atomic E-state index is 12.5. The van der Waals surface area contributed by atoms with Gasteiger partial charge in [0.25, 0.3) is 17.7 Å². The van der Waals surface area contributed by atoms with Crippen LogP contribution in [0.5, 0.6) is 0 Å². The van der Waals surface area contributed by atoms with Gasteiger partial charge in [-0.3, -0.25) is 24.6 Å². The maximum atomic E-state index is 12.5. The summed E-state index contributed by atoms with van der Waals surface area (Å²) in [5, 5.41) is 4.40. The summed E-state index contributed by atoms with van der Waals surface area (Å²) < 4.78 is 4.91. The zero-order valence-corrected chi connectivity index (χ0v) is 16.1. The topological polar surface area (TPSA) is 122 Å². The molecule has 0 saturated heterocycles. The van der Waals surface area contributed by atoms with E-state index in [-0.39, 0.29) is 12.1 Å². The molecule has 1 aliphatic rings. The second-order valence-corrected chi connectivity index (χ2v) is 6.43. The monoisotopic (exact) mass is 409 g/mol. The number of carbonyl (C=O) groups excluding carboxylic acids is 5. The lowest BCUT2D eigenvalue weighted by molar-refractivity contribution is -0.123. The van der Waals surface area contributed by atoms with Crippen LogP contribution in [-0.4, -0.2) is 47.8 Å². The molecule has 1 aliphatic heterocycles. The minimum Gasteiger partial charge on any atom is -0.452 e. The van der Waals surface area contributed by atoms with Crippen molar-refractivity contribution in [2.45, 2.75) is 13.5 Å². The molecule has 0 aliphatic carbocycles. The highest BCUT2D eigenvalue weighted by Crippen LogP contribution is 2.24. The highest BCUT2D eigenvalue weighted by molar-refractivity contribution is 6.21. The van der Waals surface area contributed by atoms with Crippen molar-refractivity contribution >= 4 is 29.7 Å². The summed E-state index contributed by atoms with van der Waals surface area (Å²) in [7, 11) is 0. The molecule has 9 heteroatoms. The molecule has 2 N–H and O–H groups in total. The minimum atomic E-state index is -0.773. The summed E-state index contributed by atoms with van der Waals surface area (Å²) in [5.41, 5.74) is 1.38. The van der Waals surface area contributed by atoms with Crippen molar-refractivity contribution in [2.24, 2.45) is 0 Å². The van der Waals surface area contributed by atoms with E-state index in [2.05, 4.69) is 5.32 Å². The number of amides is 5. The predicted octanol–water partition coefficient (Wildman–Crippen LogP) is 1.49. The highest BCUT2D eigenvalue weighted by atomic mass is 16.5. The molecule has 2 aromatic rings. The summed E-state index contributed by atoms with van der Waals surface area (Å²) in [5.74, 6) is -2.34. The van der Waals surface area contributed by atoms with Gasteiger partial charge in [-0.1, -0.05) is 24.3 Å². The largest absolute Gasteiger partial charge is 0.452 e. The molecule has 30 heavy (non-hydrogen) atoms. The summed E-state index contributed by atoms with van der Waals surface area (Å²) >= 11 is 0. The summed E-state index contributed by atoms with van der Waals surface area (Å²) in [4.78, 5) is 61.2. The Balaban J connectivity index is 1.62. The number of hydrogen-bond acceptors (Lipinski definition) is 6. The summed E-state index contributed by atoms with van der Waals surface area (Å²) in [6.07, 6.45) is 0. The minimum absolute atomic E-state index is 0.00879. The van der Waals surface area contributed by atoms with Crippen molar-refractivity contribution in [3.63, 3.8) is 0 Å². The Bertz CT molecular complexity index is 998. The van der Waals surface area contributed by atoms with Gasteiger partial charge in [0, 0.05) is 6.54 Å². The van der Waals surface area contributed by atoms with E-state index < -0.39 is 36.3 Å². The van der Waals surface area contributed by atoms with E-state index in [1.807, 2.05) is 5.32 Å². The molecule has 154 valence electrons. The number of imide groups is 2. The molecule has 0 saturated carbocycles. The van der Waals surface area contributed by atoms with Crippen LogP contribution in [0.15, 0.2) is 48.5 Å². The number of benzene rings is 2. The average Bonchev–Trinajstić information content (AvgIpc) is 2.97. The second-order valence-electron chi connectivity index (χ2n) is 6.43. The van der Waals surface area contributed by atoms with Crippen LogP contribution in [0, 0.1) is 0 Å². The van der Waals surface area contributed by atoms with Gasteiger partial charge in [0.05, 0.1) is 23.2 Å². The molecule has 1 heterocycles. The average molecular weight is 409 g/mol. The third-order valence-corrected chi connectivity index (χ3v) is 4.31. The fourth-order valence-corrected chi connectivity index (χ4v) is 2.94. The first kappa shape index (κ1) is 20.7.